The van der Waals surface area contributed by atoms with E-state index in [1.165, 1.54) is 0 Å². The Balaban J connectivity index is 1.53. The van der Waals surface area contributed by atoms with Crippen molar-refractivity contribution >= 4 is 11.6 Å². The van der Waals surface area contributed by atoms with Gasteiger partial charge in [-0.25, -0.2) is 0 Å². The minimum Gasteiger partial charge on any atom is -0.488 e. The molecule has 6 heteroatoms. The molecule has 0 saturated heterocycles. The van der Waals surface area contributed by atoms with Crippen LogP contribution in [-0.4, -0.2) is 33.0 Å². The second-order valence-corrected chi connectivity index (χ2v) is 5.78. The zero-order valence-corrected chi connectivity index (χ0v) is 12.9. The molecule has 1 amide bonds. The van der Waals surface area contributed by atoms with Crippen molar-refractivity contribution in [2.45, 2.75) is 44.4 Å². The van der Waals surface area contributed by atoms with Crippen molar-refractivity contribution in [1.82, 2.24) is 9.78 Å². The fraction of sp³-hybridized carbons (Fsp3) is 0.412. The van der Waals surface area contributed by atoms with Gasteiger partial charge in [0.2, 0.25) is 5.91 Å². The second kappa shape index (κ2) is 7.28. The number of rotatable bonds is 5. The predicted molar refractivity (Wildman–Crippen MR) is 86.2 cm³/mol. The smallest absolute Gasteiger partial charge is 0.246 e. The van der Waals surface area contributed by atoms with Gasteiger partial charge in [-0.3, -0.25) is 9.48 Å². The molecule has 2 aromatic rings. The zero-order chi connectivity index (χ0) is 16.1. The monoisotopic (exact) mass is 315 g/mol. The number of aromatic nitrogens is 2. The summed E-state index contributed by atoms with van der Waals surface area (Å²) in [7, 11) is 0. The molecule has 1 aliphatic carbocycles. The Bertz CT molecular complexity index is 625. The molecule has 122 valence electrons. The Hall–Kier alpha value is -2.34. The maximum absolute atomic E-state index is 11.9. The first-order chi connectivity index (χ1) is 11.2. The third-order valence-electron chi connectivity index (χ3n) is 3.96. The van der Waals surface area contributed by atoms with Gasteiger partial charge in [0.15, 0.2) is 0 Å². The number of amides is 1. The lowest BCUT2D eigenvalue weighted by molar-refractivity contribution is -0.116. The van der Waals surface area contributed by atoms with Crippen LogP contribution in [0.3, 0.4) is 0 Å². The van der Waals surface area contributed by atoms with E-state index in [1.807, 2.05) is 12.1 Å². The summed E-state index contributed by atoms with van der Waals surface area (Å²) in [5, 5.41) is 16.7. The Morgan fingerprint density at radius 3 is 2.78 bits per heavy atom. The quantitative estimate of drug-likeness (QED) is 0.887. The summed E-state index contributed by atoms with van der Waals surface area (Å²) in [4.78, 5) is 11.9. The maximum atomic E-state index is 11.9. The van der Waals surface area contributed by atoms with Crippen LogP contribution < -0.4 is 10.1 Å². The van der Waals surface area contributed by atoms with Gasteiger partial charge >= 0.3 is 0 Å². The van der Waals surface area contributed by atoms with Crippen LogP contribution in [0.2, 0.25) is 0 Å². The van der Waals surface area contributed by atoms with Crippen LogP contribution in [0.15, 0.2) is 42.7 Å². The van der Waals surface area contributed by atoms with Crippen LogP contribution in [-0.2, 0) is 11.3 Å². The van der Waals surface area contributed by atoms with Gasteiger partial charge in [-0.1, -0.05) is 6.42 Å². The van der Waals surface area contributed by atoms with Crippen LogP contribution in [0.25, 0.3) is 0 Å². The number of hydrogen-bond acceptors (Lipinski definition) is 4. The van der Waals surface area contributed by atoms with Gasteiger partial charge in [0.1, 0.15) is 18.4 Å². The van der Waals surface area contributed by atoms with Crippen molar-refractivity contribution in [2.75, 3.05) is 5.32 Å². The van der Waals surface area contributed by atoms with E-state index in [1.54, 1.807) is 35.3 Å². The number of nitrogens with one attached hydrogen (secondary N) is 1. The first kappa shape index (κ1) is 15.6. The fourth-order valence-corrected chi connectivity index (χ4v) is 2.75. The minimum absolute atomic E-state index is 0.134. The van der Waals surface area contributed by atoms with E-state index in [4.69, 9.17) is 4.74 Å². The van der Waals surface area contributed by atoms with E-state index in [9.17, 15) is 9.90 Å². The van der Waals surface area contributed by atoms with Gasteiger partial charge in [0.25, 0.3) is 0 Å². The lowest BCUT2D eigenvalue weighted by atomic mass is 9.95. The minimum atomic E-state index is -0.391. The molecule has 1 fully saturated rings. The molecular formula is C17H21N3O3. The van der Waals surface area contributed by atoms with E-state index >= 15 is 0 Å². The molecule has 0 bridgehead atoms. The summed E-state index contributed by atoms with van der Waals surface area (Å²) in [6, 6.07) is 8.99. The first-order valence-corrected chi connectivity index (χ1v) is 7.93. The second-order valence-electron chi connectivity index (χ2n) is 5.78. The van der Waals surface area contributed by atoms with Crippen LogP contribution in [0, 0.1) is 0 Å². The summed E-state index contributed by atoms with van der Waals surface area (Å²) in [5.74, 6) is 0.575. The molecule has 0 unspecified atom stereocenters. The fourth-order valence-electron chi connectivity index (χ4n) is 2.75. The molecule has 1 aliphatic rings. The Labute approximate surface area is 135 Å². The highest BCUT2D eigenvalue weighted by Gasteiger charge is 2.24. The highest BCUT2D eigenvalue weighted by atomic mass is 16.5. The molecule has 3 rings (SSSR count). The number of anilines is 1. The van der Waals surface area contributed by atoms with Crippen LogP contribution in [0.5, 0.6) is 5.75 Å². The molecule has 1 aromatic heterocycles. The van der Waals surface area contributed by atoms with Gasteiger partial charge < -0.3 is 15.2 Å². The predicted octanol–water partition coefficient (Wildman–Crippen LogP) is 2.20. The van der Waals surface area contributed by atoms with Gasteiger partial charge in [0, 0.05) is 18.1 Å². The van der Waals surface area contributed by atoms with E-state index < -0.39 is 6.10 Å². The van der Waals surface area contributed by atoms with Crippen LogP contribution >= 0.6 is 0 Å². The van der Waals surface area contributed by atoms with Gasteiger partial charge in [0.05, 0.1) is 6.10 Å². The Morgan fingerprint density at radius 2 is 2.09 bits per heavy atom. The average Bonchev–Trinajstić information content (AvgIpc) is 3.04. The number of carbonyl (C=O) groups is 1. The molecule has 1 aromatic carbocycles. The molecule has 2 N–H and O–H groups in total. The first-order valence-electron chi connectivity index (χ1n) is 7.93. The lowest BCUT2D eigenvalue weighted by Gasteiger charge is -2.28. The average molecular weight is 315 g/mol. The molecular weight excluding hydrogens is 294 g/mol. The Morgan fingerprint density at radius 1 is 1.30 bits per heavy atom. The van der Waals surface area contributed by atoms with Crippen molar-refractivity contribution in [3.63, 3.8) is 0 Å². The summed E-state index contributed by atoms with van der Waals surface area (Å²) < 4.78 is 7.40. The molecule has 0 radical (unpaired) electrons. The van der Waals surface area contributed by atoms with Gasteiger partial charge in [-0.15, -0.1) is 0 Å². The zero-order valence-electron chi connectivity index (χ0n) is 12.9. The number of nitrogens with zero attached hydrogens (tertiary/aromatic N) is 2. The van der Waals surface area contributed by atoms with Crippen molar-refractivity contribution in [2.24, 2.45) is 0 Å². The number of hydrogen-bond donors (Lipinski definition) is 2. The molecule has 2 atom stereocenters. The van der Waals surface area contributed by atoms with E-state index in [2.05, 4.69) is 10.4 Å². The SMILES string of the molecule is O=C(Cn1cccn1)Nc1ccc(O[C@H]2CCCC[C@H]2O)cc1. The van der Waals surface area contributed by atoms with Crippen LogP contribution in [0.4, 0.5) is 5.69 Å². The number of carbonyl (C=O) groups excluding carboxylic acids is 1. The van der Waals surface area contributed by atoms with Crippen molar-refractivity contribution in [3.8, 4) is 5.75 Å². The summed E-state index contributed by atoms with van der Waals surface area (Å²) in [5.41, 5.74) is 0.707. The lowest BCUT2D eigenvalue weighted by Crippen LogP contribution is -2.34. The summed E-state index contributed by atoms with van der Waals surface area (Å²) >= 11 is 0. The number of aliphatic hydroxyl groups excluding tert-OH is 1. The third kappa shape index (κ3) is 4.32. The summed E-state index contributed by atoms with van der Waals surface area (Å²) in [6.45, 7) is 0.180. The number of ether oxygens (including phenoxy) is 1. The van der Waals surface area contributed by atoms with Crippen LogP contribution in [0.1, 0.15) is 25.7 Å². The standard InChI is InChI=1S/C17H21N3O3/c21-15-4-1-2-5-16(15)23-14-8-6-13(7-9-14)19-17(22)12-20-11-3-10-18-20/h3,6-11,15-16,21H,1-2,4-5,12H2,(H,19,22)/t15-,16+/m1/s1. The largest absolute Gasteiger partial charge is 0.488 e. The molecule has 0 spiro atoms. The van der Waals surface area contributed by atoms with Crippen molar-refractivity contribution in [3.05, 3.63) is 42.7 Å². The van der Waals surface area contributed by atoms with Gasteiger partial charge in [-0.05, 0) is 49.6 Å². The molecule has 6 nitrogen and oxygen atoms in total. The highest BCUT2D eigenvalue weighted by Crippen LogP contribution is 2.24. The van der Waals surface area contributed by atoms with E-state index in [0.29, 0.717) is 11.4 Å². The van der Waals surface area contributed by atoms with Crippen molar-refractivity contribution < 1.29 is 14.6 Å². The summed E-state index contributed by atoms with van der Waals surface area (Å²) in [6.07, 6.45) is 6.67. The third-order valence-corrected chi connectivity index (χ3v) is 3.96. The Kier molecular flexibility index (Phi) is 4.92. The highest BCUT2D eigenvalue weighted by molar-refractivity contribution is 5.90. The topological polar surface area (TPSA) is 76.4 Å². The van der Waals surface area contributed by atoms with E-state index in [0.717, 1.165) is 25.7 Å². The van der Waals surface area contributed by atoms with Gasteiger partial charge in [-0.2, -0.15) is 5.10 Å². The van der Waals surface area contributed by atoms with E-state index in [-0.39, 0.29) is 18.6 Å². The van der Waals surface area contributed by atoms with Crippen molar-refractivity contribution in [1.29, 1.82) is 0 Å². The molecule has 23 heavy (non-hydrogen) atoms. The molecule has 1 saturated carbocycles. The number of aliphatic hydroxyl groups is 1. The molecule has 0 aliphatic heterocycles. The molecule has 1 heterocycles. The number of benzene rings is 1. The maximum Gasteiger partial charge on any atom is 0.246 e. The normalized spacial score (nSPS) is 20.9.